The van der Waals surface area contributed by atoms with Crippen LogP contribution in [-0.2, 0) is 21.2 Å². The van der Waals surface area contributed by atoms with Gasteiger partial charge in [0.05, 0.1) is 4.90 Å². The summed E-state index contributed by atoms with van der Waals surface area (Å²) in [7, 11) is -3.43. The van der Waals surface area contributed by atoms with Crippen LogP contribution in [0.5, 0.6) is 0 Å². The third-order valence-electron chi connectivity index (χ3n) is 2.89. The Kier molecular flexibility index (Phi) is 3.95. The highest BCUT2D eigenvalue weighted by molar-refractivity contribution is 7.90. The smallest absolute Gasteiger partial charge is 0.323 e. The maximum atomic E-state index is 11.8. The zero-order valence-electron chi connectivity index (χ0n) is 11.2. The normalized spacial score (nSPS) is 11.3. The molecule has 0 amide bonds. The second-order valence-electron chi connectivity index (χ2n) is 4.55. The molecular weight excluding hydrogens is 294 g/mol. The van der Waals surface area contributed by atoms with Crippen LogP contribution in [0.1, 0.15) is 0 Å². The summed E-state index contributed by atoms with van der Waals surface area (Å²) in [5, 5.41) is 8.78. The van der Waals surface area contributed by atoms with Gasteiger partial charge in [-0.25, -0.2) is 8.42 Å². The second-order valence-corrected chi connectivity index (χ2v) is 6.53. The van der Waals surface area contributed by atoms with Gasteiger partial charge in [-0.05, 0) is 17.7 Å². The molecule has 0 radical (unpaired) electrons. The quantitative estimate of drug-likeness (QED) is 0.909. The van der Waals surface area contributed by atoms with E-state index in [1.165, 1.54) is 24.4 Å². The van der Waals surface area contributed by atoms with Crippen molar-refractivity contribution in [1.29, 1.82) is 0 Å². The van der Waals surface area contributed by atoms with E-state index >= 15 is 0 Å². The summed E-state index contributed by atoms with van der Waals surface area (Å²) in [4.78, 5) is 22.5. The van der Waals surface area contributed by atoms with E-state index in [4.69, 9.17) is 5.11 Å². The van der Waals surface area contributed by atoms with Crippen molar-refractivity contribution in [2.75, 3.05) is 6.26 Å². The Morgan fingerprint density at radius 2 is 1.86 bits per heavy atom. The summed E-state index contributed by atoms with van der Waals surface area (Å²) in [5.74, 6) is -1.15. The monoisotopic (exact) mass is 307 g/mol. The molecule has 0 saturated carbocycles. The van der Waals surface area contributed by atoms with Crippen molar-refractivity contribution in [3.8, 4) is 11.1 Å². The first kappa shape index (κ1) is 15.0. The Labute approximate surface area is 121 Å². The number of pyridine rings is 1. The molecule has 0 aliphatic carbocycles. The molecule has 0 unspecified atom stereocenters. The van der Waals surface area contributed by atoms with E-state index in [0.717, 1.165) is 10.8 Å². The summed E-state index contributed by atoms with van der Waals surface area (Å²) < 4.78 is 24.6. The molecule has 1 heterocycles. The van der Waals surface area contributed by atoms with Crippen molar-refractivity contribution >= 4 is 15.8 Å². The van der Waals surface area contributed by atoms with Crippen LogP contribution < -0.4 is 5.56 Å². The highest BCUT2D eigenvalue weighted by Crippen LogP contribution is 2.26. The first-order chi connectivity index (χ1) is 9.79. The molecule has 7 heteroatoms. The summed E-state index contributed by atoms with van der Waals surface area (Å²) in [6, 6.07) is 9.06. The van der Waals surface area contributed by atoms with E-state index in [2.05, 4.69) is 0 Å². The van der Waals surface area contributed by atoms with Gasteiger partial charge in [0.15, 0.2) is 9.84 Å². The number of carbonyl (C=O) groups is 1. The highest BCUT2D eigenvalue weighted by atomic mass is 32.2. The van der Waals surface area contributed by atoms with Crippen LogP contribution in [0.25, 0.3) is 11.1 Å². The van der Waals surface area contributed by atoms with Gasteiger partial charge in [-0.1, -0.05) is 18.2 Å². The lowest BCUT2D eigenvalue weighted by Crippen LogP contribution is -2.22. The number of sulfone groups is 1. The van der Waals surface area contributed by atoms with Gasteiger partial charge < -0.3 is 9.67 Å². The van der Waals surface area contributed by atoms with E-state index < -0.39 is 27.9 Å². The van der Waals surface area contributed by atoms with Crippen molar-refractivity contribution < 1.29 is 18.3 Å². The van der Waals surface area contributed by atoms with E-state index in [9.17, 15) is 18.0 Å². The van der Waals surface area contributed by atoms with Crippen LogP contribution in [0.4, 0.5) is 0 Å². The van der Waals surface area contributed by atoms with E-state index in [0.29, 0.717) is 11.1 Å². The molecule has 1 N–H and O–H groups in total. The number of aromatic nitrogens is 1. The average molecular weight is 307 g/mol. The van der Waals surface area contributed by atoms with Crippen LogP contribution in [-0.4, -0.2) is 30.3 Å². The Morgan fingerprint density at radius 1 is 1.19 bits per heavy atom. The van der Waals surface area contributed by atoms with Crippen LogP contribution in [0.2, 0.25) is 0 Å². The molecule has 21 heavy (non-hydrogen) atoms. The SMILES string of the molecule is CS(=O)(=O)c1ccccc1-c1ccc(=O)n(CC(=O)O)c1. The lowest BCUT2D eigenvalue weighted by Gasteiger charge is -2.10. The molecule has 6 nitrogen and oxygen atoms in total. The van der Waals surface area contributed by atoms with Gasteiger partial charge in [0, 0.05) is 24.1 Å². The number of nitrogens with zero attached hydrogens (tertiary/aromatic N) is 1. The molecule has 0 spiro atoms. The molecule has 0 atom stereocenters. The Bertz CT molecular complexity index is 852. The molecule has 1 aromatic heterocycles. The first-order valence-electron chi connectivity index (χ1n) is 6.01. The Hall–Kier alpha value is -2.41. The summed E-state index contributed by atoms with van der Waals surface area (Å²) >= 11 is 0. The average Bonchev–Trinajstić information content (AvgIpc) is 2.40. The van der Waals surface area contributed by atoms with Gasteiger partial charge >= 0.3 is 5.97 Å². The second kappa shape index (κ2) is 5.53. The van der Waals surface area contributed by atoms with Crippen molar-refractivity contribution in [3.63, 3.8) is 0 Å². The minimum Gasteiger partial charge on any atom is -0.480 e. The van der Waals surface area contributed by atoms with Crippen LogP contribution in [0, 0.1) is 0 Å². The number of benzene rings is 1. The number of aliphatic carboxylic acids is 1. The molecule has 110 valence electrons. The molecule has 0 aliphatic heterocycles. The van der Waals surface area contributed by atoms with Crippen molar-refractivity contribution in [2.24, 2.45) is 0 Å². The lowest BCUT2D eigenvalue weighted by molar-refractivity contribution is -0.137. The van der Waals surface area contributed by atoms with Crippen LogP contribution in [0.3, 0.4) is 0 Å². The Balaban J connectivity index is 2.64. The first-order valence-corrected chi connectivity index (χ1v) is 7.90. The topological polar surface area (TPSA) is 93.4 Å². The fourth-order valence-corrected chi connectivity index (χ4v) is 2.90. The maximum Gasteiger partial charge on any atom is 0.323 e. The molecule has 0 fully saturated rings. The zero-order chi connectivity index (χ0) is 15.6. The van der Waals surface area contributed by atoms with Gasteiger partial charge in [0.2, 0.25) is 0 Å². The van der Waals surface area contributed by atoms with Gasteiger partial charge in [0.25, 0.3) is 5.56 Å². The largest absolute Gasteiger partial charge is 0.480 e. The molecular formula is C14H13NO5S. The standard InChI is InChI=1S/C14H13NO5S/c1-21(19,20)12-5-3-2-4-11(12)10-6-7-13(16)15(8-10)9-14(17)18/h2-8H,9H2,1H3,(H,17,18). The number of hydrogen-bond acceptors (Lipinski definition) is 4. The molecule has 0 aliphatic rings. The number of carboxylic acid groups (broad SMARTS) is 1. The maximum absolute atomic E-state index is 11.8. The summed E-state index contributed by atoms with van der Waals surface area (Å²) in [6.45, 7) is -0.478. The van der Waals surface area contributed by atoms with Gasteiger partial charge in [0.1, 0.15) is 6.54 Å². The minimum absolute atomic E-state index is 0.130. The van der Waals surface area contributed by atoms with Crippen molar-refractivity contribution in [1.82, 2.24) is 4.57 Å². The predicted octanol–water partition coefficient (Wildman–Crippen LogP) is 1.00. The number of carboxylic acids is 1. The zero-order valence-corrected chi connectivity index (χ0v) is 12.0. The third kappa shape index (κ3) is 3.38. The fraction of sp³-hybridized carbons (Fsp3) is 0.143. The van der Waals surface area contributed by atoms with Crippen molar-refractivity contribution in [3.05, 3.63) is 52.9 Å². The van der Waals surface area contributed by atoms with Crippen LogP contribution >= 0.6 is 0 Å². The Morgan fingerprint density at radius 3 is 2.48 bits per heavy atom. The van der Waals surface area contributed by atoms with Gasteiger partial charge in [-0.2, -0.15) is 0 Å². The number of hydrogen-bond donors (Lipinski definition) is 1. The van der Waals surface area contributed by atoms with Gasteiger partial charge in [-0.15, -0.1) is 0 Å². The van der Waals surface area contributed by atoms with E-state index in [1.807, 2.05) is 0 Å². The highest BCUT2D eigenvalue weighted by Gasteiger charge is 2.14. The number of rotatable bonds is 4. The van der Waals surface area contributed by atoms with Crippen molar-refractivity contribution in [2.45, 2.75) is 11.4 Å². The van der Waals surface area contributed by atoms with E-state index in [1.54, 1.807) is 18.2 Å². The predicted molar refractivity (Wildman–Crippen MR) is 76.9 cm³/mol. The molecule has 0 bridgehead atoms. The molecule has 2 rings (SSSR count). The molecule has 0 saturated heterocycles. The minimum atomic E-state index is -3.43. The fourth-order valence-electron chi connectivity index (χ4n) is 1.99. The summed E-state index contributed by atoms with van der Waals surface area (Å²) in [6.07, 6.45) is 2.44. The van der Waals surface area contributed by atoms with E-state index in [-0.39, 0.29) is 4.90 Å². The molecule has 2 aromatic rings. The van der Waals surface area contributed by atoms with Gasteiger partial charge in [-0.3, -0.25) is 9.59 Å². The molecule has 1 aromatic carbocycles. The third-order valence-corrected chi connectivity index (χ3v) is 4.04. The lowest BCUT2D eigenvalue weighted by atomic mass is 10.1. The van der Waals surface area contributed by atoms with Crippen LogP contribution in [0.15, 0.2) is 52.3 Å². The summed E-state index contributed by atoms with van der Waals surface area (Å²) in [5.41, 5.74) is 0.439.